The van der Waals surface area contributed by atoms with Crippen LogP contribution < -0.4 is 5.32 Å². The lowest BCUT2D eigenvalue weighted by Gasteiger charge is -2.12. The molecule has 0 saturated carbocycles. The number of rotatable bonds is 4. The lowest BCUT2D eigenvalue weighted by Crippen LogP contribution is -2.14. The van der Waals surface area contributed by atoms with E-state index in [0.717, 1.165) is 39.1 Å². The van der Waals surface area contributed by atoms with Crippen LogP contribution in [0.4, 0.5) is 5.69 Å². The van der Waals surface area contributed by atoms with Crippen molar-refractivity contribution in [2.24, 2.45) is 0 Å². The van der Waals surface area contributed by atoms with E-state index < -0.39 is 0 Å². The lowest BCUT2D eigenvalue weighted by atomic mass is 10.1. The predicted molar refractivity (Wildman–Crippen MR) is 109 cm³/mol. The Balaban J connectivity index is 1.80. The van der Waals surface area contributed by atoms with Crippen LogP contribution in [0.15, 0.2) is 72.1 Å². The summed E-state index contributed by atoms with van der Waals surface area (Å²) < 4.78 is 0. The van der Waals surface area contributed by atoms with Gasteiger partial charge in [0.1, 0.15) is 0 Å². The summed E-state index contributed by atoms with van der Waals surface area (Å²) in [7, 11) is 0. The van der Waals surface area contributed by atoms with Gasteiger partial charge in [0.15, 0.2) is 0 Å². The maximum atomic E-state index is 13.1. The average molecular weight is 358 g/mol. The topological polar surface area (TPSA) is 42.0 Å². The fourth-order valence-corrected chi connectivity index (χ4v) is 3.74. The number of fused-ring (bicyclic) bond motifs is 1. The average Bonchev–Trinajstić information content (AvgIpc) is 3.22. The molecule has 0 aliphatic rings. The van der Waals surface area contributed by atoms with E-state index in [1.165, 1.54) is 0 Å². The molecule has 0 unspecified atom stereocenters. The summed E-state index contributed by atoms with van der Waals surface area (Å²) >= 11 is 1.62. The Morgan fingerprint density at radius 3 is 2.65 bits per heavy atom. The predicted octanol–water partition coefficient (Wildman–Crippen LogP) is 5.78. The monoisotopic (exact) mass is 358 g/mol. The van der Waals surface area contributed by atoms with Crippen LogP contribution in [0.1, 0.15) is 22.8 Å². The molecule has 26 heavy (non-hydrogen) atoms. The molecule has 3 nitrogen and oxygen atoms in total. The number of thiophene rings is 1. The zero-order valence-electron chi connectivity index (χ0n) is 14.4. The third kappa shape index (κ3) is 3.11. The van der Waals surface area contributed by atoms with Gasteiger partial charge in [0.05, 0.1) is 21.7 Å². The van der Waals surface area contributed by atoms with Crippen LogP contribution in [0.25, 0.3) is 21.5 Å². The fraction of sp³-hybridized carbons (Fsp3) is 0.0909. The van der Waals surface area contributed by atoms with E-state index in [1.807, 2.05) is 72.1 Å². The molecule has 128 valence electrons. The van der Waals surface area contributed by atoms with Crippen LogP contribution in [0.3, 0.4) is 0 Å². The molecule has 4 rings (SSSR count). The van der Waals surface area contributed by atoms with Gasteiger partial charge in [0.2, 0.25) is 0 Å². The van der Waals surface area contributed by atoms with Crippen molar-refractivity contribution in [3.8, 4) is 10.6 Å². The summed E-state index contributed by atoms with van der Waals surface area (Å²) in [6.45, 7) is 2.09. The molecule has 0 spiro atoms. The number of aryl methyl sites for hydroxylation is 1. The first kappa shape index (κ1) is 16.5. The van der Waals surface area contributed by atoms with Gasteiger partial charge in [-0.05, 0) is 41.6 Å². The number of aromatic nitrogens is 1. The molecular weight excluding hydrogens is 340 g/mol. The number of benzene rings is 2. The van der Waals surface area contributed by atoms with Crippen molar-refractivity contribution in [2.75, 3.05) is 5.32 Å². The molecule has 2 aromatic carbocycles. The van der Waals surface area contributed by atoms with Gasteiger partial charge in [-0.15, -0.1) is 11.3 Å². The number of carbonyl (C=O) groups is 1. The normalized spacial score (nSPS) is 10.8. The zero-order chi connectivity index (χ0) is 17.9. The number of pyridine rings is 1. The number of hydrogen-bond acceptors (Lipinski definition) is 3. The van der Waals surface area contributed by atoms with Crippen molar-refractivity contribution >= 4 is 33.8 Å². The third-order valence-corrected chi connectivity index (χ3v) is 5.27. The molecule has 1 amide bonds. The molecule has 0 atom stereocenters. The first-order valence-corrected chi connectivity index (χ1v) is 9.47. The second kappa shape index (κ2) is 7.10. The number of carbonyl (C=O) groups excluding carboxylic acids is 1. The van der Waals surface area contributed by atoms with Crippen LogP contribution in [0.2, 0.25) is 0 Å². The molecule has 0 aliphatic heterocycles. The minimum absolute atomic E-state index is 0.109. The van der Waals surface area contributed by atoms with Crippen LogP contribution in [0.5, 0.6) is 0 Å². The van der Waals surface area contributed by atoms with Crippen LogP contribution >= 0.6 is 11.3 Å². The number of para-hydroxylation sites is 2. The molecule has 2 aromatic heterocycles. The smallest absolute Gasteiger partial charge is 0.256 e. The van der Waals surface area contributed by atoms with Gasteiger partial charge >= 0.3 is 0 Å². The zero-order valence-corrected chi connectivity index (χ0v) is 15.2. The number of nitrogens with zero attached hydrogens (tertiary/aromatic N) is 1. The number of anilines is 1. The summed E-state index contributed by atoms with van der Waals surface area (Å²) in [5, 5.41) is 5.96. The van der Waals surface area contributed by atoms with Crippen molar-refractivity contribution in [3.05, 3.63) is 83.2 Å². The van der Waals surface area contributed by atoms with Gasteiger partial charge in [0.25, 0.3) is 5.91 Å². The largest absolute Gasteiger partial charge is 0.322 e. The van der Waals surface area contributed by atoms with E-state index in [4.69, 9.17) is 4.98 Å². The Labute approximate surface area is 156 Å². The van der Waals surface area contributed by atoms with E-state index in [9.17, 15) is 4.79 Å². The van der Waals surface area contributed by atoms with E-state index in [1.54, 1.807) is 11.3 Å². The van der Waals surface area contributed by atoms with Crippen molar-refractivity contribution in [1.82, 2.24) is 4.98 Å². The van der Waals surface area contributed by atoms with E-state index in [2.05, 4.69) is 12.2 Å². The third-order valence-electron chi connectivity index (χ3n) is 4.38. The number of hydrogen-bond donors (Lipinski definition) is 1. The Hall–Kier alpha value is -2.98. The Bertz CT molecular complexity index is 1070. The van der Waals surface area contributed by atoms with Gasteiger partial charge in [-0.3, -0.25) is 4.79 Å². The quantitative estimate of drug-likeness (QED) is 0.502. The highest BCUT2D eigenvalue weighted by molar-refractivity contribution is 7.13. The number of nitrogens with one attached hydrogen (secondary N) is 1. The Morgan fingerprint density at radius 2 is 1.85 bits per heavy atom. The molecule has 0 fully saturated rings. The summed E-state index contributed by atoms with van der Waals surface area (Å²) in [5.41, 5.74) is 4.28. The van der Waals surface area contributed by atoms with E-state index in [-0.39, 0.29) is 5.91 Å². The Morgan fingerprint density at radius 1 is 1.04 bits per heavy atom. The molecule has 4 aromatic rings. The molecule has 0 bridgehead atoms. The standard InChI is InChI=1S/C22H18N2OS/c1-2-15-8-3-5-10-18(15)24-22(25)17-14-20(21-12-7-13-26-21)23-19-11-6-4-9-16(17)19/h3-14H,2H2,1H3,(H,24,25). The summed E-state index contributed by atoms with van der Waals surface area (Å²) in [6.07, 6.45) is 0.869. The van der Waals surface area contributed by atoms with Crippen LogP contribution in [-0.2, 0) is 6.42 Å². The van der Waals surface area contributed by atoms with Crippen molar-refractivity contribution in [2.45, 2.75) is 13.3 Å². The summed E-state index contributed by atoms with van der Waals surface area (Å²) in [4.78, 5) is 18.9. The SMILES string of the molecule is CCc1ccccc1NC(=O)c1cc(-c2cccs2)nc2ccccc12. The second-order valence-electron chi connectivity index (χ2n) is 6.01. The minimum Gasteiger partial charge on any atom is -0.322 e. The van der Waals surface area contributed by atoms with Gasteiger partial charge in [-0.25, -0.2) is 4.98 Å². The molecule has 0 saturated heterocycles. The lowest BCUT2D eigenvalue weighted by molar-refractivity contribution is 0.102. The summed E-state index contributed by atoms with van der Waals surface area (Å²) in [6, 6.07) is 21.6. The Kier molecular flexibility index (Phi) is 4.50. The maximum Gasteiger partial charge on any atom is 0.256 e. The van der Waals surface area contributed by atoms with Crippen LogP contribution in [-0.4, -0.2) is 10.9 Å². The highest BCUT2D eigenvalue weighted by Crippen LogP contribution is 2.28. The highest BCUT2D eigenvalue weighted by atomic mass is 32.1. The van der Waals surface area contributed by atoms with E-state index >= 15 is 0 Å². The van der Waals surface area contributed by atoms with Crippen LogP contribution in [0, 0.1) is 0 Å². The van der Waals surface area contributed by atoms with Gasteiger partial charge in [0, 0.05) is 11.1 Å². The first-order valence-electron chi connectivity index (χ1n) is 8.59. The van der Waals surface area contributed by atoms with Gasteiger partial charge < -0.3 is 5.32 Å². The summed E-state index contributed by atoms with van der Waals surface area (Å²) in [5.74, 6) is -0.109. The van der Waals surface area contributed by atoms with Gasteiger partial charge in [-0.1, -0.05) is 49.4 Å². The van der Waals surface area contributed by atoms with E-state index in [0.29, 0.717) is 5.56 Å². The minimum atomic E-state index is -0.109. The molecule has 1 N–H and O–H groups in total. The van der Waals surface area contributed by atoms with Crippen molar-refractivity contribution < 1.29 is 4.79 Å². The number of amides is 1. The molecule has 0 radical (unpaired) electrons. The fourth-order valence-electron chi connectivity index (χ4n) is 3.05. The van der Waals surface area contributed by atoms with Crippen molar-refractivity contribution in [1.29, 1.82) is 0 Å². The molecule has 2 heterocycles. The maximum absolute atomic E-state index is 13.1. The first-order chi connectivity index (χ1) is 12.8. The van der Waals surface area contributed by atoms with Crippen molar-refractivity contribution in [3.63, 3.8) is 0 Å². The van der Waals surface area contributed by atoms with Gasteiger partial charge in [-0.2, -0.15) is 0 Å². The second-order valence-corrected chi connectivity index (χ2v) is 6.96. The molecular formula is C22H18N2OS. The molecule has 4 heteroatoms. The molecule has 0 aliphatic carbocycles. The highest BCUT2D eigenvalue weighted by Gasteiger charge is 2.15.